The molecule has 0 spiro atoms. The second kappa shape index (κ2) is 6.62. The highest BCUT2D eigenvalue weighted by Crippen LogP contribution is 2.31. The highest BCUT2D eigenvalue weighted by Gasteiger charge is 2.20. The lowest BCUT2D eigenvalue weighted by Gasteiger charge is -2.23. The van der Waals surface area contributed by atoms with Gasteiger partial charge in [-0.1, -0.05) is 0 Å². The third kappa shape index (κ3) is 3.86. The molecule has 1 aliphatic heterocycles. The number of ether oxygens (including phenoxy) is 1. The van der Waals surface area contributed by atoms with Gasteiger partial charge in [-0.15, -0.1) is 11.6 Å². The molecule has 2 unspecified atom stereocenters. The third-order valence-electron chi connectivity index (χ3n) is 3.39. The summed E-state index contributed by atoms with van der Waals surface area (Å²) < 4.78 is 45.0. The first-order valence-corrected chi connectivity index (χ1v) is 6.91. The molecular formula is C14H16ClF3O. The third-order valence-corrected chi connectivity index (χ3v) is 3.85. The van der Waals surface area contributed by atoms with Crippen LogP contribution in [0.1, 0.15) is 43.0 Å². The molecule has 0 aliphatic carbocycles. The van der Waals surface area contributed by atoms with E-state index in [2.05, 4.69) is 0 Å². The summed E-state index contributed by atoms with van der Waals surface area (Å²) in [5.74, 6) is -3.07. The van der Waals surface area contributed by atoms with Gasteiger partial charge in [-0.05, 0) is 38.2 Å². The van der Waals surface area contributed by atoms with E-state index >= 15 is 0 Å². The number of benzene rings is 1. The van der Waals surface area contributed by atoms with Crippen molar-refractivity contribution >= 4 is 11.6 Å². The summed E-state index contributed by atoms with van der Waals surface area (Å²) in [6, 6.07) is 1.38. The summed E-state index contributed by atoms with van der Waals surface area (Å²) >= 11 is 6.07. The molecule has 1 aromatic carbocycles. The van der Waals surface area contributed by atoms with E-state index in [4.69, 9.17) is 16.3 Å². The summed E-state index contributed by atoms with van der Waals surface area (Å²) in [6.45, 7) is 0.747. The van der Waals surface area contributed by atoms with E-state index in [0.29, 0.717) is 18.9 Å². The maximum absolute atomic E-state index is 13.5. The van der Waals surface area contributed by atoms with Gasteiger partial charge in [-0.25, -0.2) is 13.2 Å². The Morgan fingerprint density at radius 2 is 1.89 bits per heavy atom. The van der Waals surface area contributed by atoms with E-state index in [1.807, 2.05) is 0 Å². The van der Waals surface area contributed by atoms with Crippen molar-refractivity contribution in [2.24, 2.45) is 0 Å². The molecule has 1 heterocycles. The molecule has 1 fully saturated rings. The number of alkyl halides is 1. The monoisotopic (exact) mass is 292 g/mol. The molecule has 5 heteroatoms. The molecule has 0 saturated carbocycles. The fraction of sp³-hybridized carbons (Fsp3) is 0.571. The van der Waals surface area contributed by atoms with E-state index in [1.165, 1.54) is 0 Å². The minimum Gasteiger partial charge on any atom is -0.378 e. The highest BCUT2D eigenvalue weighted by atomic mass is 35.5. The zero-order valence-electron chi connectivity index (χ0n) is 10.5. The van der Waals surface area contributed by atoms with Crippen molar-refractivity contribution in [3.8, 4) is 0 Å². The molecule has 1 nitrogen and oxygen atoms in total. The van der Waals surface area contributed by atoms with Crippen LogP contribution in [0.2, 0.25) is 0 Å². The maximum atomic E-state index is 13.5. The van der Waals surface area contributed by atoms with Crippen molar-refractivity contribution in [2.45, 2.75) is 43.6 Å². The van der Waals surface area contributed by atoms with Crippen LogP contribution in [-0.2, 0) is 4.74 Å². The van der Waals surface area contributed by atoms with E-state index in [0.717, 1.165) is 31.9 Å². The topological polar surface area (TPSA) is 9.23 Å². The van der Waals surface area contributed by atoms with Gasteiger partial charge >= 0.3 is 0 Å². The highest BCUT2D eigenvalue weighted by molar-refractivity contribution is 6.20. The van der Waals surface area contributed by atoms with Gasteiger partial charge in [0.05, 0.1) is 11.5 Å². The average Bonchev–Trinajstić information content (AvgIpc) is 2.41. The quantitative estimate of drug-likeness (QED) is 0.576. The van der Waals surface area contributed by atoms with Crippen molar-refractivity contribution in [3.05, 3.63) is 35.1 Å². The Kier molecular flexibility index (Phi) is 5.11. The molecule has 106 valence electrons. The lowest BCUT2D eigenvalue weighted by Crippen LogP contribution is -2.19. The Morgan fingerprint density at radius 1 is 1.16 bits per heavy atom. The molecule has 0 N–H and O–H groups in total. The molecule has 1 saturated heterocycles. The van der Waals surface area contributed by atoms with Crippen LogP contribution in [0, 0.1) is 17.5 Å². The summed E-state index contributed by atoms with van der Waals surface area (Å²) in [7, 11) is 0. The Balaban J connectivity index is 1.95. The lowest BCUT2D eigenvalue weighted by molar-refractivity contribution is 0.00997. The van der Waals surface area contributed by atoms with Crippen LogP contribution in [0.5, 0.6) is 0 Å². The van der Waals surface area contributed by atoms with E-state index < -0.39 is 22.8 Å². The van der Waals surface area contributed by atoms with Crippen molar-refractivity contribution in [2.75, 3.05) is 6.61 Å². The summed E-state index contributed by atoms with van der Waals surface area (Å²) in [5, 5.41) is -0.666. The number of hydrogen-bond donors (Lipinski definition) is 0. The molecule has 1 aliphatic rings. The fourth-order valence-corrected chi connectivity index (χ4v) is 2.59. The zero-order chi connectivity index (χ0) is 13.8. The van der Waals surface area contributed by atoms with Gasteiger partial charge in [0.1, 0.15) is 5.82 Å². The molecule has 2 rings (SSSR count). The molecule has 0 radical (unpaired) electrons. The second-order valence-corrected chi connectivity index (χ2v) is 5.35. The zero-order valence-corrected chi connectivity index (χ0v) is 11.2. The molecule has 1 aromatic rings. The van der Waals surface area contributed by atoms with Crippen LogP contribution in [0.3, 0.4) is 0 Å². The molecular weight excluding hydrogens is 277 g/mol. The van der Waals surface area contributed by atoms with Crippen molar-refractivity contribution < 1.29 is 17.9 Å². The minimum absolute atomic E-state index is 0.0105. The Labute approximate surface area is 115 Å². The molecule has 19 heavy (non-hydrogen) atoms. The second-order valence-electron chi connectivity index (χ2n) is 4.82. The molecule has 2 atom stereocenters. The van der Waals surface area contributed by atoms with Gasteiger partial charge in [0.2, 0.25) is 0 Å². The fourth-order valence-electron chi connectivity index (χ4n) is 2.30. The lowest BCUT2D eigenvalue weighted by atomic mass is 10.0. The Bertz CT molecular complexity index is 433. The predicted octanol–water partition coefficient (Wildman–Crippen LogP) is 4.73. The average molecular weight is 293 g/mol. The maximum Gasteiger partial charge on any atom is 0.161 e. The molecule has 0 amide bonds. The van der Waals surface area contributed by atoms with Crippen LogP contribution in [0.25, 0.3) is 0 Å². The van der Waals surface area contributed by atoms with Crippen molar-refractivity contribution in [1.82, 2.24) is 0 Å². The van der Waals surface area contributed by atoms with Gasteiger partial charge in [0.15, 0.2) is 11.6 Å². The minimum atomic E-state index is -1.19. The summed E-state index contributed by atoms with van der Waals surface area (Å²) in [6.07, 6.45) is 4.49. The van der Waals surface area contributed by atoms with Crippen LogP contribution >= 0.6 is 11.6 Å². The van der Waals surface area contributed by atoms with E-state index in [-0.39, 0.29) is 11.7 Å². The first-order chi connectivity index (χ1) is 9.08. The number of hydrogen-bond acceptors (Lipinski definition) is 1. The predicted molar refractivity (Wildman–Crippen MR) is 67.7 cm³/mol. The molecule has 0 bridgehead atoms. The van der Waals surface area contributed by atoms with Crippen molar-refractivity contribution in [3.63, 3.8) is 0 Å². The van der Waals surface area contributed by atoms with Crippen molar-refractivity contribution in [1.29, 1.82) is 0 Å². The Hall–Kier alpha value is -0.740. The summed E-state index contributed by atoms with van der Waals surface area (Å²) in [5.41, 5.74) is 0.0105. The SMILES string of the molecule is Fc1cc(F)c(C(Cl)CCC2CCCCO2)cc1F. The molecule has 0 aromatic heterocycles. The Morgan fingerprint density at radius 3 is 2.58 bits per heavy atom. The van der Waals surface area contributed by atoms with E-state index in [1.54, 1.807) is 0 Å². The van der Waals surface area contributed by atoms with Gasteiger partial charge < -0.3 is 4.74 Å². The smallest absolute Gasteiger partial charge is 0.161 e. The largest absolute Gasteiger partial charge is 0.378 e. The van der Waals surface area contributed by atoms with Crippen LogP contribution in [0.15, 0.2) is 12.1 Å². The summed E-state index contributed by atoms with van der Waals surface area (Å²) in [4.78, 5) is 0. The van der Waals surface area contributed by atoms with E-state index in [9.17, 15) is 13.2 Å². The standard InChI is InChI=1S/C14H16ClF3O/c15-11(5-4-9-3-1-2-6-19-9)10-7-13(17)14(18)8-12(10)16/h7-9,11H,1-6H2. The van der Waals surface area contributed by atoms with Gasteiger partial charge in [0, 0.05) is 18.2 Å². The number of halogens is 4. The number of rotatable bonds is 4. The first kappa shape index (κ1) is 14.7. The van der Waals surface area contributed by atoms with Gasteiger partial charge in [0.25, 0.3) is 0 Å². The normalized spacial score (nSPS) is 21.4. The van der Waals surface area contributed by atoms with Gasteiger partial charge in [-0.2, -0.15) is 0 Å². The van der Waals surface area contributed by atoms with Crippen LogP contribution < -0.4 is 0 Å². The van der Waals surface area contributed by atoms with Gasteiger partial charge in [-0.3, -0.25) is 0 Å². The van der Waals surface area contributed by atoms with Crippen LogP contribution in [-0.4, -0.2) is 12.7 Å². The first-order valence-electron chi connectivity index (χ1n) is 6.48. The van der Waals surface area contributed by atoms with Crippen LogP contribution in [0.4, 0.5) is 13.2 Å².